The van der Waals surface area contributed by atoms with Crippen molar-refractivity contribution in [2.45, 2.75) is 24.7 Å². The zero-order valence-corrected chi connectivity index (χ0v) is 20.4. The molecule has 3 rings (SSSR count). The number of hydrogen-bond acceptors (Lipinski definition) is 5. The number of benzene rings is 2. The minimum absolute atomic E-state index is 0.162. The molecule has 1 heterocycles. The molecule has 1 amide bonds. The summed E-state index contributed by atoms with van der Waals surface area (Å²) in [6.45, 7) is 2.44. The van der Waals surface area contributed by atoms with Gasteiger partial charge in [-0.15, -0.1) is 0 Å². The van der Waals surface area contributed by atoms with Gasteiger partial charge in [0.05, 0.1) is 16.8 Å². The largest absolute Gasteiger partial charge is 0.325 e. The van der Waals surface area contributed by atoms with E-state index in [0.29, 0.717) is 24.5 Å². The summed E-state index contributed by atoms with van der Waals surface area (Å²) in [5.74, 6) is -0.541. The average molecular weight is 530 g/mol. The molecule has 1 saturated heterocycles. The highest BCUT2D eigenvalue weighted by Crippen LogP contribution is 2.25. The molecule has 31 heavy (non-hydrogen) atoms. The predicted molar refractivity (Wildman–Crippen MR) is 124 cm³/mol. The van der Waals surface area contributed by atoms with Gasteiger partial charge in [0.25, 0.3) is 0 Å². The van der Waals surface area contributed by atoms with Gasteiger partial charge < -0.3 is 5.32 Å². The molecule has 8 nitrogen and oxygen atoms in total. The Morgan fingerprint density at radius 3 is 2.23 bits per heavy atom. The van der Waals surface area contributed by atoms with Gasteiger partial charge >= 0.3 is 0 Å². The van der Waals surface area contributed by atoms with Crippen LogP contribution >= 0.6 is 15.9 Å². The van der Waals surface area contributed by atoms with Crippen molar-refractivity contribution in [1.29, 1.82) is 0 Å². The molecule has 0 radical (unpaired) electrons. The summed E-state index contributed by atoms with van der Waals surface area (Å²) in [5, 5.41) is 2.63. The van der Waals surface area contributed by atoms with E-state index in [-0.39, 0.29) is 4.90 Å². The zero-order valence-electron chi connectivity index (χ0n) is 17.2. The van der Waals surface area contributed by atoms with Crippen molar-refractivity contribution in [2.75, 3.05) is 35.5 Å². The lowest BCUT2D eigenvalue weighted by Gasteiger charge is -2.22. The van der Waals surface area contributed by atoms with E-state index in [2.05, 4.69) is 21.2 Å². The molecule has 0 atom stereocenters. The van der Waals surface area contributed by atoms with E-state index < -0.39 is 32.5 Å². The molecule has 0 spiro atoms. The number of hydrogen-bond donors (Lipinski definition) is 1. The van der Waals surface area contributed by atoms with Crippen LogP contribution in [-0.4, -0.2) is 52.9 Å². The average Bonchev–Trinajstić information content (AvgIpc) is 3.24. The predicted octanol–water partition coefficient (Wildman–Crippen LogP) is 2.95. The van der Waals surface area contributed by atoms with Crippen LogP contribution in [0.25, 0.3) is 0 Å². The molecule has 0 bridgehead atoms. The minimum atomic E-state index is -3.70. The number of sulfonamides is 2. The molecule has 2 aromatic carbocycles. The fraction of sp³-hybridized carbons (Fsp3) is 0.350. The van der Waals surface area contributed by atoms with Gasteiger partial charge in [0.2, 0.25) is 26.0 Å². The number of rotatable bonds is 7. The number of amides is 1. The van der Waals surface area contributed by atoms with Crippen molar-refractivity contribution >= 4 is 53.3 Å². The second-order valence-corrected chi connectivity index (χ2v) is 12.1. The highest BCUT2D eigenvalue weighted by atomic mass is 79.9. The summed E-state index contributed by atoms with van der Waals surface area (Å²) in [5.41, 5.74) is 1.59. The van der Waals surface area contributed by atoms with Crippen molar-refractivity contribution in [2.24, 2.45) is 0 Å². The molecule has 1 fully saturated rings. The van der Waals surface area contributed by atoms with Crippen LogP contribution in [0.2, 0.25) is 0 Å². The van der Waals surface area contributed by atoms with Crippen molar-refractivity contribution in [3.05, 3.63) is 52.5 Å². The van der Waals surface area contributed by atoms with Crippen LogP contribution in [0, 0.1) is 6.92 Å². The van der Waals surface area contributed by atoms with Crippen LogP contribution in [0.1, 0.15) is 18.4 Å². The van der Waals surface area contributed by atoms with E-state index in [0.717, 1.165) is 33.4 Å². The Balaban J connectivity index is 1.73. The molecule has 0 unspecified atom stereocenters. The first-order chi connectivity index (χ1) is 14.5. The summed E-state index contributed by atoms with van der Waals surface area (Å²) in [6.07, 6.45) is 2.74. The fourth-order valence-corrected chi connectivity index (χ4v) is 5.91. The summed E-state index contributed by atoms with van der Waals surface area (Å²) < 4.78 is 53.0. The first-order valence-corrected chi connectivity index (χ1v) is 13.7. The Morgan fingerprint density at radius 2 is 1.68 bits per heavy atom. The van der Waals surface area contributed by atoms with Crippen molar-refractivity contribution in [3.63, 3.8) is 0 Å². The normalized spacial score (nSPS) is 15.1. The Morgan fingerprint density at radius 1 is 1.06 bits per heavy atom. The lowest BCUT2D eigenvalue weighted by atomic mass is 10.2. The molecule has 168 valence electrons. The lowest BCUT2D eigenvalue weighted by molar-refractivity contribution is -0.114. The Bertz CT molecular complexity index is 1180. The SMILES string of the molecule is Cc1cc(N(CC(=O)Nc2ccc(S(=O)(=O)N3CCCC3)cc2)S(C)(=O)=O)ccc1Br. The van der Waals surface area contributed by atoms with Gasteiger partial charge in [-0.05, 0) is 67.8 Å². The van der Waals surface area contributed by atoms with Crippen LogP contribution < -0.4 is 9.62 Å². The summed E-state index contributed by atoms with van der Waals surface area (Å²) >= 11 is 3.37. The van der Waals surface area contributed by atoms with Gasteiger partial charge in [-0.3, -0.25) is 9.10 Å². The number of nitrogens with zero attached hydrogens (tertiary/aromatic N) is 2. The number of nitrogens with one attached hydrogen (secondary N) is 1. The quantitative estimate of drug-likeness (QED) is 0.593. The Hall–Kier alpha value is -1.95. The van der Waals surface area contributed by atoms with Crippen molar-refractivity contribution < 1.29 is 21.6 Å². The van der Waals surface area contributed by atoms with Gasteiger partial charge in [0.15, 0.2) is 0 Å². The molecule has 0 aromatic heterocycles. The molecule has 1 aliphatic heterocycles. The van der Waals surface area contributed by atoms with E-state index in [1.807, 2.05) is 6.92 Å². The third kappa shape index (κ3) is 5.65. The summed E-state index contributed by atoms with van der Waals surface area (Å²) in [7, 11) is -7.23. The number of anilines is 2. The first kappa shape index (κ1) is 23.7. The van der Waals surface area contributed by atoms with Gasteiger partial charge in [-0.25, -0.2) is 16.8 Å². The summed E-state index contributed by atoms with van der Waals surface area (Å²) in [6, 6.07) is 10.9. The lowest BCUT2D eigenvalue weighted by Crippen LogP contribution is -2.37. The highest BCUT2D eigenvalue weighted by molar-refractivity contribution is 9.10. The smallest absolute Gasteiger partial charge is 0.245 e. The monoisotopic (exact) mass is 529 g/mol. The third-order valence-electron chi connectivity index (χ3n) is 4.96. The highest BCUT2D eigenvalue weighted by Gasteiger charge is 2.27. The topological polar surface area (TPSA) is 104 Å². The standard InChI is InChI=1S/C20H24BrN3O5S2/c1-15-13-17(7-10-19(15)21)24(30(2,26)27)14-20(25)22-16-5-8-18(9-6-16)31(28,29)23-11-3-4-12-23/h5-10,13H,3-4,11-12,14H2,1-2H3,(H,22,25). The van der Waals surface area contributed by atoms with Gasteiger partial charge in [-0.1, -0.05) is 15.9 Å². The Kier molecular flexibility index (Phi) is 7.09. The van der Waals surface area contributed by atoms with E-state index in [1.165, 1.54) is 28.6 Å². The Labute approximate surface area is 191 Å². The maximum Gasteiger partial charge on any atom is 0.245 e. The van der Waals surface area contributed by atoms with Crippen LogP contribution in [0.15, 0.2) is 51.8 Å². The number of halogens is 1. The van der Waals surface area contributed by atoms with Crippen LogP contribution in [0.3, 0.4) is 0 Å². The number of carbonyl (C=O) groups excluding carboxylic acids is 1. The van der Waals surface area contributed by atoms with Gasteiger partial charge in [0.1, 0.15) is 6.54 Å². The second-order valence-electron chi connectivity index (χ2n) is 7.39. The molecule has 1 aliphatic rings. The van der Waals surface area contributed by atoms with Gasteiger partial charge in [-0.2, -0.15) is 4.31 Å². The second kappa shape index (κ2) is 9.27. The third-order valence-corrected chi connectivity index (χ3v) is 8.90. The van der Waals surface area contributed by atoms with Crippen LogP contribution in [0.5, 0.6) is 0 Å². The van der Waals surface area contributed by atoms with Crippen molar-refractivity contribution in [3.8, 4) is 0 Å². The molecule has 0 saturated carbocycles. The van der Waals surface area contributed by atoms with Crippen LogP contribution in [-0.2, 0) is 24.8 Å². The maximum absolute atomic E-state index is 12.6. The minimum Gasteiger partial charge on any atom is -0.325 e. The molecule has 11 heteroatoms. The maximum atomic E-state index is 12.6. The molecule has 1 N–H and O–H groups in total. The van der Waals surface area contributed by atoms with E-state index in [9.17, 15) is 21.6 Å². The number of carbonyl (C=O) groups is 1. The molecule has 2 aromatic rings. The fourth-order valence-electron chi connectivity index (χ4n) is 3.30. The first-order valence-electron chi connectivity index (χ1n) is 9.62. The van der Waals surface area contributed by atoms with E-state index in [1.54, 1.807) is 18.2 Å². The van der Waals surface area contributed by atoms with Gasteiger partial charge in [0, 0.05) is 23.2 Å². The zero-order chi connectivity index (χ0) is 22.8. The molecule has 0 aliphatic carbocycles. The van der Waals surface area contributed by atoms with Crippen molar-refractivity contribution in [1.82, 2.24) is 4.31 Å². The van der Waals surface area contributed by atoms with Crippen LogP contribution in [0.4, 0.5) is 11.4 Å². The van der Waals surface area contributed by atoms with E-state index >= 15 is 0 Å². The molecular weight excluding hydrogens is 506 g/mol. The van der Waals surface area contributed by atoms with E-state index in [4.69, 9.17) is 0 Å². The number of aryl methyl sites for hydroxylation is 1. The summed E-state index contributed by atoms with van der Waals surface area (Å²) in [4.78, 5) is 12.7. The molecular formula is C20H24BrN3O5S2.